The summed E-state index contributed by atoms with van der Waals surface area (Å²) in [5.41, 5.74) is 1.08. The van der Waals surface area contributed by atoms with Crippen molar-refractivity contribution < 1.29 is 9.53 Å². The maximum absolute atomic E-state index is 12.8. The zero-order chi connectivity index (χ0) is 16.4. The molecule has 2 N–H and O–H groups in total. The molecule has 0 aliphatic carbocycles. The summed E-state index contributed by atoms with van der Waals surface area (Å²) < 4.78 is 5.11. The molecule has 3 rings (SSSR count). The van der Waals surface area contributed by atoms with E-state index < -0.39 is 0 Å². The Morgan fingerprint density at radius 3 is 2.30 bits per heavy atom. The molecule has 0 spiro atoms. The van der Waals surface area contributed by atoms with E-state index in [-0.39, 0.29) is 5.91 Å². The number of carbonyl (C=O) groups excluding carboxylic acids is 1. The fraction of sp³-hybridized carbons (Fsp3) is 0.0556. The molecule has 0 aromatic heterocycles. The van der Waals surface area contributed by atoms with Crippen molar-refractivity contribution in [2.75, 3.05) is 12.1 Å². The first kappa shape index (κ1) is 15.3. The first-order chi connectivity index (χ1) is 11.1. The summed E-state index contributed by atoms with van der Waals surface area (Å²) >= 11 is 6.19. The van der Waals surface area contributed by atoms with Crippen LogP contribution in [0.25, 0.3) is 10.8 Å². The van der Waals surface area contributed by atoms with Crippen molar-refractivity contribution >= 4 is 34.0 Å². The molecule has 0 atom stereocenters. The molecule has 4 nitrogen and oxygen atoms in total. The molecule has 0 radical (unpaired) electrons. The van der Waals surface area contributed by atoms with Crippen molar-refractivity contribution in [2.45, 2.75) is 0 Å². The number of hydrogen-bond donors (Lipinski definition) is 1. The van der Waals surface area contributed by atoms with Gasteiger partial charge in [-0.3, -0.25) is 4.79 Å². The number of carbonyl (C=O) groups is 1. The van der Waals surface area contributed by atoms with Crippen molar-refractivity contribution in [3.05, 3.63) is 71.2 Å². The zero-order valence-corrected chi connectivity index (χ0v) is 13.2. The molecule has 1 amide bonds. The van der Waals surface area contributed by atoms with Crippen LogP contribution in [0.4, 0.5) is 5.69 Å². The van der Waals surface area contributed by atoms with Crippen LogP contribution in [0.5, 0.6) is 5.75 Å². The first-order valence-electron chi connectivity index (χ1n) is 7.02. The van der Waals surface area contributed by atoms with Crippen LogP contribution >= 0.6 is 11.6 Å². The minimum absolute atomic E-state index is 0.303. The van der Waals surface area contributed by atoms with Gasteiger partial charge in [-0.2, -0.15) is 0 Å². The number of amides is 1. The highest BCUT2D eigenvalue weighted by Crippen LogP contribution is 2.28. The molecule has 5 heteroatoms. The molecule has 0 saturated heterocycles. The molecule has 0 unspecified atom stereocenters. The number of anilines is 1. The van der Waals surface area contributed by atoms with Crippen molar-refractivity contribution in [1.29, 1.82) is 0 Å². The zero-order valence-electron chi connectivity index (χ0n) is 12.5. The summed E-state index contributed by atoms with van der Waals surface area (Å²) in [7, 11) is 1.58. The predicted octanol–water partition coefficient (Wildman–Crippen LogP) is 4.02. The molecule has 0 heterocycles. The van der Waals surface area contributed by atoms with E-state index in [0.29, 0.717) is 22.0 Å². The monoisotopic (exact) mass is 326 g/mol. The number of rotatable bonds is 3. The minimum atomic E-state index is -0.303. The summed E-state index contributed by atoms with van der Waals surface area (Å²) in [5.74, 6) is 6.40. The highest BCUT2D eigenvalue weighted by Gasteiger charge is 2.17. The van der Waals surface area contributed by atoms with Gasteiger partial charge in [0, 0.05) is 16.0 Å². The number of hydrogen-bond acceptors (Lipinski definition) is 3. The molecule has 116 valence electrons. The Kier molecular flexibility index (Phi) is 4.19. The van der Waals surface area contributed by atoms with E-state index >= 15 is 0 Å². The van der Waals surface area contributed by atoms with Crippen LogP contribution in [-0.2, 0) is 0 Å². The molecular formula is C18H15ClN2O2. The second-order valence-electron chi connectivity index (χ2n) is 5.01. The van der Waals surface area contributed by atoms with Gasteiger partial charge in [-0.15, -0.1) is 0 Å². The van der Waals surface area contributed by atoms with Crippen LogP contribution < -0.4 is 15.6 Å². The quantitative estimate of drug-likeness (QED) is 0.449. The predicted molar refractivity (Wildman–Crippen MR) is 92.9 cm³/mol. The highest BCUT2D eigenvalue weighted by atomic mass is 35.5. The molecular weight excluding hydrogens is 312 g/mol. The topological polar surface area (TPSA) is 55.6 Å². The second-order valence-corrected chi connectivity index (χ2v) is 5.42. The minimum Gasteiger partial charge on any atom is -0.497 e. The Morgan fingerprint density at radius 1 is 1.00 bits per heavy atom. The lowest BCUT2D eigenvalue weighted by molar-refractivity contribution is 0.0988. The Labute approximate surface area is 139 Å². The fourth-order valence-electron chi connectivity index (χ4n) is 2.44. The maximum Gasteiger partial charge on any atom is 0.273 e. The number of ether oxygens (including phenoxy) is 1. The molecule has 0 fully saturated rings. The van der Waals surface area contributed by atoms with Crippen molar-refractivity contribution in [3.8, 4) is 5.75 Å². The third kappa shape index (κ3) is 2.86. The first-order valence-corrected chi connectivity index (χ1v) is 7.40. The normalized spacial score (nSPS) is 10.6. The van der Waals surface area contributed by atoms with Crippen LogP contribution in [0, 0.1) is 0 Å². The van der Waals surface area contributed by atoms with Crippen LogP contribution in [0.2, 0.25) is 5.02 Å². The van der Waals surface area contributed by atoms with Crippen LogP contribution in [0.1, 0.15) is 10.4 Å². The number of nitrogens with two attached hydrogens (primary N) is 1. The highest BCUT2D eigenvalue weighted by molar-refractivity contribution is 6.36. The molecule has 0 saturated carbocycles. The van der Waals surface area contributed by atoms with E-state index in [1.807, 2.05) is 24.3 Å². The van der Waals surface area contributed by atoms with Gasteiger partial charge in [0.2, 0.25) is 0 Å². The van der Waals surface area contributed by atoms with Crippen molar-refractivity contribution in [1.82, 2.24) is 0 Å². The van der Waals surface area contributed by atoms with Gasteiger partial charge in [0.05, 0.1) is 12.8 Å². The Bertz CT molecular complexity index is 863. The number of nitrogens with zero attached hydrogens (tertiary/aromatic N) is 1. The summed E-state index contributed by atoms with van der Waals surface area (Å²) in [5, 5.41) is 3.32. The van der Waals surface area contributed by atoms with Crippen molar-refractivity contribution in [2.24, 2.45) is 5.84 Å². The second kappa shape index (κ2) is 6.28. The summed E-state index contributed by atoms with van der Waals surface area (Å²) in [6.07, 6.45) is 0. The van der Waals surface area contributed by atoms with E-state index in [0.717, 1.165) is 15.8 Å². The van der Waals surface area contributed by atoms with Crippen LogP contribution in [0.15, 0.2) is 60.7 Å². The molecule has 0 bridgehead atoms. The molecule has 0 aliphatic heterocycles. The Balaban J connectivity index is 2.01. The largest absolute Gasteiger partial charge is 0.497 e. The van der Waals surface area contributed by atoms with E-state index in [9.17, 15) is 4.79 Å². The number of hydrazine groups is 1. The van der Waals surface area contributed by atoms with Gasteiger partial charge in [-0.05, 0) is 41.8 Å². The molecule has 3 aromatic rings. The SMILES string of the molecule is COc1ccc(N(N)C(=O)c2ccc(Cl)c3ccccc23)cc1. The van der Waals surface area contributed by atoms with Crippen LogP contribution in [0.3, 0.4) is 0 Å². The van der Waals surface area contributed by atoms with Crippen molar-refractivity contribution in [3.63, 3.8) is 0 Å². The van der Waals surface area contributed by atoms with Crippen LogP contribution in [-0.4, -0.2) is 13.0 Å². The van der Waals surface area contributed by atoms with Gasteiger partial charge in [-0.1, -0.05) is 35.9 Å². The Hall–Kier alpha value is -2.56. The summed E-state index contributed by atoms with van der Waals surface area (Å²) in [4.78, 5) is 12.8. The smallest absolute Gasteiger partial charge is 0.273 e. The third-order valence-electron chi connectivity index (χ3n) is 3.67. The van der Waals surface area contributed by atoms with Gasteiger partial charge < -0.3 is 4.74 Å². The number of methoxy groups -OCH3 is 1. The maximum atomic E-state index is 12.8. The van der Waals surface area contributed by atoms with Gasteiger partial charge in [0.1, 0.15) is 5.75 Å². The molecule has 23 heavy (non-hydrogen) atoms. The lowest BCUT2D eigenvalue weighted by atomic mass is 10.0. The standard InChI is InChI=1S/C18H15ClN2O2/c1-23-13-8-6-12(7-9-13)21(20)18(22)16-10-11-17(19)15-5-3-2-4-14(15)16/h2-11H,20H2,1H3. The number of halogens is 1. The fourth-order valence-corrected chi connectivity index (χ4v) is 2.67. The van der Waals surface area contributed by atoms with Gasteiger partial charge in [0.25, 0.3) is 5.91 Å². The third-order valence-corrected chi connectivity index (χ3v) is 4.00. The lowest BCUT2D eigenvalue weighted by Crippen LogP contribution is -2.37. The molecule has 0 aliphatic rings. The van der Waals surface area contributed by atoms with Gasteiger partial charge in [0.15, 0.2) is 0 Å². The van der Waals surface area contributed by atoms with Gasteiger partial charge >= 0.3 is 0 Å². The lowest BCUT2D eigenvalue weighted by Gasteiger charge is -2.18. The van der Waals surface area contributed by atoms with E-state index in [1.54, 1.807) is 43.5 Å². The molecule has 3 aromatic carbocycles. The summed E-state index contributed by atoms with van der Waals surface area (Å²) in [6, 6.07) is 17.8. The van der Waals surface area contributed by atoms with E-state index in [1.165, 1.54) is 0 Å². The number of benzene rings is 3. The number of fused-ring (bicyclic) bond motifs is 1. The van der Waals surface area contributed by atoms with E-state index in [4.69, 9.17) is 22.2 Å². The summed E-state index contributed by atoms with van der Waals surface area (Å²) in [6.45, 7) is 0. The average Bonchev–Trinajstić information content (AvgIpc) is 2.61. The van der Waals surface area contributed by atoms with E-state index in [2.05, 4.69) is 0 Å². The average molecular weight is 327 g/mol. The Morgan fingerprint density at radius 2 is 1.65 bits per heavy atom. The van der Waals surface area contributed by atoms with Gasteiger partial charge in [-0.25, -0.2) is 10.9 Å².